The molecule has 2 aromatic heterocycles. The Kier molecular flexibility index (Phi) is 5.75. The van der Waals surface area contributed by atoms with Crippen molar-refractivity contribution >= 4 is 17.9 Å². The minimum atomic E-state index is -0.559. The zero-order valence-corrected chi connectivity index (χ0v) is 16.0. The molecule has 0 radical (unpaired) electrons. The van der Waals surface area contributed by atoms with Gasteiger partial charge in [-0.15, -0.1) is 5.10 Å². The second kappa shape index (κ2) is 8.78. The smallest absolute Gasteiger partial charge is 0.293 e. The van der Waals surface area contributed by atoms with Crippen molar-refractivity contribution in [2.75, 3.05) is 18.8 Å². The number of carbonyl (C=O) groups excluding carboxylic acids is 1. The van der Waals surface area contributed by atoms with Gasteiger partial charge in [0, 0.05) is 6.54 Å². The number of benzene rings is 1. The molecule has 0 atom stereocenters. The molecule has 3 aromatic rings. The molecule has 0 bridgehead atoms. The SMILES string of the molecule is Nc1nonc1-n1nnc(C(=O)NN=Cc2cccc(F)c2)c1CN1CCCCC1. The number of rotatable bonds is 6. The van der Waals surface area contributed by atoms with Crippen LogP contribution in [0.1, 0.15) is 41.0 Å². The van der Waals surface area contributed by atoms with Gasteiger partial charge in [0.2, 0.25) is 11.6 Å². The average Bonchev–Trinajstić information content (AvgIpc) is 3.34. The lowest BCUT2D eigenvalue weighted by atomic mass is 10.1. The molecule has 1 aromatic carbocycles. The molecule has 1 amide bonds. The number of nitrogens with two attached hydrogens (primary N) is 1. The minimum absolute atomic E-state index is 0.0378. The Morgan fingerprint density at radius 3 is 2.87 bits per heavy atom. The maximum atomic E-state index is 13.3. The van der Waals surface area contributed by atoms with Gasteiger partial charge in [-0.25, -0.2) is 14.4 Å². The van der Waals surface area contributed by atoms with E-state index in [9.17, 15) is 9.18 Å². The van der Waals surface area contributed by atoms with Gasteiger partial charge < -0.3 is 5.73 Å². The first-order valence-corrected chi connectivity index (χ1v) is 9.46. The number of likely N-dealkylation sites (tertiary alicyclic amines) is 1. The molecule has 1 fully saturated rings. The van der Waals surface area contributed by atoms with E-state index in [0.29, 0.717) is 17.8 Å². The highest BCUT2D eigenvalue weighted by molar-refractivity contribution is 5.94. The van der Waals surface area contributed by atoms with Crippen LogP contribution in [0.3, 0.4) is 0 Å². The number of anilines is 1. The zero-order valence-electron chi connectivity index (χ0n) is 16.0. The van der Waals surface area contributed by atoms with Crippen LogP contribution in [0.25, 0.3) is 5.82 Å². The van der Waals surface area contributed by atoms with Crippen LogP contribution in [0.2, 0.25) is 0 Å². The first kappa shape index (κ1) is 19.6. The van der Waals surface area contributed by atoms with E-state index >= 15 is 0 Å². The number of amides is 1. The van der Waals surface area contributed by atoms with Crippen molar-refractivity contribution in [3.05, 3.63) is 47.0 Å². The summed E-state index contributed by atoms with van der Waals surface area (Å²) < 4.78 is 19.3. The van der Waals surface area contributed by atoms with Gasteiger partial charge in [0.15, 0.2) is 5.69 Å². The summed E-state index contributed by atoms with van der Waals surface area (Å²) in [5, 5.41) is 19.2. The fraction of sp³-hybridized carbons (Fsp3) is 0.333. The van der Waals surface area contributed by atoms with Crippen molar-refractivity contribution in [1.82, 2.24) is 35.6 Å². The Morgan fingerprint density at radius 1 is 1.30 bits per heavy atom. The van der Waals surface area contributed by atoms with Crippen molar-refractivity contribution in [2.45, 2.75) is 25.8 Å². The lowest BCUT2D eigenvalue weighted by Gasteiger charge is -2.26. The predicted molar refractivity (Wildman–Crippen MR) is 104 cm³/mol. The maximum Gasteiger partial charge on any atom is 0.293 e. The van der Waals surface area contributed by atoms with Gasteiger partial charge in [-0.05, 0) is 53.9 Å². The van der Waals surface area contributed by atoms with Crippen LogP contribution in [0.4, 0.5) is 10.2 Å². The molecule has 12 heteroatoms. The molecular formula is C18H20FN9O2. The maximum absolute atomic E-state index is 13.3. The van der Waals surface area contributed by atoms with E-state index in [1.807, 2.05) is 0 Å². The third-order valence-electron chi connectivity index (χ3n) is 4.72. The first-order chi connectivity index (χ1) is 14.6. The van der Waals surface area contributed by atoms with Crippen molar-refractivity contribution in [1.29, 1.82) is 0 Å². The summed E-state index contributed by atoms with van der Waals surface area (Å²) in [5.41, 5.74) is 9.28. The number of hydrogen-bond donors (Lipinski definition) is 2. The number of carbonyl (C=O) groups is 1. The largest absolute Gasteiger partial charge is 0.378 e. The van der Waals surface area contributed by atoms with Crippen molar-refractivity contribution in [2.24, 2.45) is 5.10 Å². The lowest BCUT2D eigenvalue weighted by Crippen LogP contribution is -2.31. The van der Waals surface area contributed by atoms with Crippen molar-refractivity contribution < 1.29 is 13.8 Å². The van der Waals surface area contributed by atoms with E-state index in [1.54, 1.807) is 12.1 Å². The Bertz CT molecular complexity index is 1060. The number of nitrogens with zero attached hydrogens (tertiary/aromatic N) is 7. The predicted octanol–water partition coefficient (Wildman–Crippen LogP) is 1.12. The highest BCUT2D eigenvalue weighted by Crippen LogP contribution is 2.19. The lowest BCUT2D eigenvalue weighted by molar-refractivity contribution is 0.0947. The number of aromatic nitrogens is 5. The van der Waals surface area contributed by atoms with Crippen molar-refractivity contribution in [3.8, 4) is 5.82 Å². The standard InChI is InChI=1S/C18H20FN9O2/c19-13-6-4-5-12(9-13)10-21-23-18(29)15-14(11-27-7-2-1-3-8-27)28(26-22-15)17-16(20)24-30-25-17/h4-6,9-10H,1-3,7-8,11H2,(H2,20,24)(H,23,29). The van der Waals surface area contributed by atoms with Gasteiger partial charge in [-0.1, -0.05) is 23.8 Å². The number of hydrogen-bond acceptors (Lipinski definition) is 9. The number of halogens is 1. The molecule has 0 saturated carbocycles. The summed E-state index contributed by atoms with van der Waals surface area (Å²) in [7, 11) is 0. The Hall–Kier alpha value is -3.67. The molecule has 11 nitrogen and oxygen atoms in total. The van der Waals surface area contributed by atoms with Crippen LogP contribution in [-0.2, 0) is 6.54 Å². The molecular weight excluding hydrogens is 393 g/mol. The summed E-state index contributed by atoms with van der Waals surface area (Å²) >= 11 is 0. The molecule has 1 aliphatic rings. The van der Waals surface area contributed by atoms with Crippen LogP contribution in [0.15, 0.2) is 34.0 Å². The molecule has 30 heavy (non-hydrogen) atoms. The molecule has 3 heterocycles. The topological polar surface area (TPSA) is 140 Å². The quantitative estimate of drug-likeness (QED) is 0.452. The van der Waals surface area contributed by atoms with Crippen LogP contribution in [0.5, 0.6) is 0 Å². The number of nitrogens with one attached hydrogen (secondary N) is 1. The van der Waals surface area contributed by atoms with Crippen LogP contribution >= 0.6 is 0 Å². The summed E-state index contributed by atoms with van der Waals surface area (Å²) in [5.74, 6) is -0.750. The molecule has 1 aliphatic heterocycles. The van der Waals surface area contributed by atoms with E-state index in [0.717, 1.165) is 25.9 Å². The van der Waals surface area contributed by atoms with Gasteiger partial charge in [0.25, 0.3) is 5.91 Å². The molecule has 1 saturated heterocycles. The van der Waals surface area contributed by atoms with E-state index < -0.39 is 11.7 Å². The van der Waals surface area contributed by atoms with E-state index in [-0.39, 0.29) is 17.3 Å². The van der Waals surface area contributed by atoms with Gasteiger partial charge in [0.05, 0.1) is 11.9 Å². The van der Waals surface area contributed by atoms with E-state index in [1.165, 1.54) is 29.4 Å². The fourth-order valence-corrected chi connectivity index (χ4v) is 3.26. The average molecular weight is 413 g/mol. The highest BCUT2D eigenvalue weighted by Gasteiger charge is 2.26. The van der Waals surface area contributed by atoms with Crippen LogP contribution in [-0.4, -0.2) is 55.4 Å². The fourth-order valence-electron chi connectivity index (χ4n) is 3.26. The van der Waals surface area contributed by atoms with E-state index in [4.69, 9.17) is 5.73 Å². The van der Waals surface area contributed by atoms with E-state index in [2.05, 4.69) is 40.7 Å². The Labute approximate surface area is 170 Å². The Morgan fingerprint density at radius 2 is 2.13 bits per heavy atom. The minimum Gasteiger partial charge on any atom is -0.378 e. The zero-order chi connectivity index (χ0) is 20.9. The highest BCUT2D eigenvalue weighted by atomic mass is 19.1. The van der Waals surface area contributed by atoms with Crippen LogP contribution in [0, 0.1) is 5.82 Å². The van der Waals surface area contributed by atoms with Gasteiger partial charge in [-0.2, -0.15) is 9.78 Å². The second-order valence-corrected chi connectivity index (χ2v) is 6.86. The number of hydrazone groups is 1. The molecule has 156 valence electrons. The third kappa shape index (κ3) is 4.33. The molecule has 4 rings (SSSR count). The molecule has 0 spiro atoms. The summed E-state index contributed by atoms with van der Waals surface area (Å²) in [6.07, 6.45) is 4.68. The van der Waals surface area contributed by atoms with Gasteiger partial charge >= 0.3 is 0 Å². The monoisotopic (exact) mass is 413 g/mol. The normalized spacial score (nSPS) is 15.0. The number of nitrogen functional groups attached to an aromatic ring is 1. The van der Waals surface area contributed by atoms with Crippen molar-refractivity contribution in [3.63, 3.8) is 0 Å². The number of piperidine rings is 1. The van der Waals surface area contributed by atoms with Crippen LogP contribution < -0.4 is 11.2 Å². The molecule has 0 aliphatic carbocycles. The summed E-state index contributed by atoms with van der Waals surface area (Å²) in [6.45, 7) is 2.22. The van der Waals surface area contributed by atoms with Gasteiger partial charge in [0.1, 0.15) is 5.82 Å². The summed E-state index contributed by atoms with van der Waals surface area (Å²) in [6, 6.07) is 5.84. The third-order valence-corrected chi connectivity index (χ3v) is 4.72. The molecule has 0 unspecified atom stereocenters. The van der Waals surface area contributed by atoms with Gasteiger partial charge in [-0.3, -0.25) is 9.69 Å². The first-order valence-electron chi connectivity index (χ1n) is 9.46. The molecule has 3 N–H and O–H groups in total. The second-order valence-electron chi connectivity index (χ2n) is 6.86. The summed E-state index contributed by atoms with van der Waals surface area (Å²) in [4.78, 5) is 14.9. The Balaban J connectivity index is 1.57.